The van der Waals surface area contributed by atoms with Crippen LogP contribution in [0.5, 0.6) is 0 Å². The number of alkyl carbamates (subject to hydrolysis) is 1. The molecule has 120 valence electrons. The van der Waals surface area contributed by atoms with Crippen LogP contribution in [0.25, 0.3) is 0 Å². The molecular weight excluding hydrogens is 302 g/mol. The van der Waals surface area contributed by atoms with Crippen LogP contribution in [0.4, 0.5) is 10.5 Å². The summed E-state index contributed by atoms with van der Waals surface area (Å²) in [5.74, 6) is 5.82. The predicted octanol–water partition coefficient (Wildman–Crippen LogP) is 2.81. The van der Waals surface area contributed by atoms with Crippen LogP contribution in [0.3, 0.4) is 0 Å². The fourth-order valence-corrected chi connectivity index (χ4v) is 1.92. The molecule has 0 bridgehead atoms. The van der Waals surface area contributed by atoms with Gasteiger partial charge in [0.1, 0.15) is 12.7 Å². The average molecular weight is 319 g/mol. The lowest BCUT2D eigenvalue weighted by molar-refractivity contribution is 0.140. The van der Waals surface area contributed by atoms with Crippen LogP contribution in [-0.2, 0) is 11.3 Å². The number of nitrogen functional groups attached to an aromatic ring is 1. The molecule has 24 heavy (non-hydrogen) atoms. The van der Waals surface area contributed by atoms with E-state index in [1.807, 2.05) is 30.3 Å². The van der Waals surface area contributed by atoms with Crippen molar-refractivity contribution in [2.24, 2.45) is 0 Å². The Morgan fingerprint density at radius 3 is 2.71 bits per heavy atom. The van der Waals surface area contributed by atoms with Crippen LogP contribution in [-0.4, -0.2) is 12.6 Å². The van der Waals surface area contributed by atoms with Crippen molar-refractivity contribution in [3.8, 4) is 17.9 Å². The lowest BCUT2D eigenvalue weighted by Crippen LogP contribution is -2.24. The van der Waals surface area contributed by atoms with Gasteiger partial charge in [-0.3, -0.25) is 0 Å². The number of nitrogens with two attached hydrogens (primary N) is 1. The number of nitrogens with zero attached hydrogens (tertiary/aromatic N) is 1. The van der Waals surface area contributed by atoms with Crippen LogP contribution < -0.4 is 11.1 Å². The van der Waals surface area contributed by atoms with Gasteiger partial charge in [0.2, 0.25) is 0 Å². The zero-order chi connectivity index (χ0) is 17.2. The number of amides is 1. The number of ether oxygens (including phenoxy) is 1. The molecule has 0 aliphatic carbocycles. The summed E-state index contributed by atoms with van der Waals surface area (Å²) in [4.78, 5) is 11.5. The van der Waals surface area contributed by atoms with E-state index in [0.717, 1.165) is 5.56 Å². The van der Waals surface area contributed by atoms with Gasteiger partial charge >= 0.3 is 6.09 Å². The van der Waals surface area contributed by atoms with Crippen molar-refractivity contribution in [1.29, 1.82) is 5.26 Å². The highest BCUT2D eigenvalue weighted by Crippen LogP contribution is 2.11. The first-order valence-corrected chi connectivity index (χ1v) is 7.42. The summed E-state index contributed by atoms with van der Waals surface area (Å²) in [5.41, 5.74) is 8.15. The third kappa shape index (κ3) is 5.40. The van der Waals surface area contributed by atoms with Gasteiger partial charge in [0.25, 0.3) is 0 Å². The minimum Gasteiger partial charge on any atom is -0.445 e. The van der Waals surface area contributed by atoms with Crippen molar-refractivity contribution < 1.29 is 9.53 Å². The van der Waals surface area contributed by atoms with Crippen LogP contribution in [0.2, 0.25) is 0 Å². The molecule has 0 atom stereocenters. The van der Waals surface area contributed by atoms with Gasteiger partial charge in [-0.05, 0) is 23.8 Å². The second-order valence-electron chi connectivity index (χ2n) is 4.96. The monoisotopic (exact) mass is 319 g/mol. The van der Waals surface area contributed by atoms with E-state index in [2.05, 4.69) is 23.2 Å². The van der Waals surface area contributed by atoms with Gasteiger partial charge in [0, 0.05) is 24.2 Å². The SMILES string of the molecule is N#Cc1cc(N)ccc1C#CCCNC(=O)OCc1ccccc1. The van der Waals surface area contributed by atoms with E-state index in [4.69, 9.17) is 15.7 Å². The molecule has 0 heterocycles. The molecule has 0 aliphatic rings. The van der Waals surface area contributed by atoms with Gasteiger partial charge in [-0.15, -0.1) is 0 Å². The van der Waals surface area contributed by atoms with Crippen LogP contribution in [0, 0.1) is 23.2 Å². The molecule has 0 unspecified atom stereocenters. The highest BCUT2D eigenvalue weighted by molar-refractivity contribution is 5.67. The molecule has 5 heteroatoms. The number of hydrogen-bond acceptors (Lipinski definition) is 4. The maximum atomic E-state index is 11.5. The van der Waals surface area contributed by atoms with E-state index in [1.54, 1.807) is 18.2 Å². The van der Waals surface area contributed by atoms with Crippen molar-refractivity contribution in [2.75, 3.05) is 12.3 Å². The number of carbonyl (C=O) groups is 1. The minimum absolute atomic E-state index is 0.231. The van der Waals surface area contributed by atoms with Gasteiger partial charge in [0.15, 0.2) is 0 Å². The molecule has 0 aromatic heterocycles. The molecule has 0 saturated heterocycles. The van der Waals surface area contributed by atoms with Gasteiger partial charge in [-0.25, -0.2) is 4.79 Å². The zero-order valence-corrected chi connectivity index (χ0v) is 13.1. The lowest BCUT2D eigenvalue weighted by Gasteiger charge is -2.05. The molecule has 0 radical (unpaired) electrons. The number of anilines is 1. The molecule has 0 aliphatic heterocycles. The number of nitriles is 1. The first-order valence-electron chi connectivity index (χ1n) is 7.42. The molecule has 1 amide bonds. The zero-order valence-electron chi connectivity index (χ0n) is 13.1. The van der Waals surface area contributed by atoms with E-state index >= 15 is 0 Å². The van der Waals surface area contributed by atoms with Crippen molar-refractivity contribution in [3.63, 3.8) is 0 Å². The molecule has 0 spiro atoms. The van der Waals surface area contributed by atoms with E-state index in [1.165, 1.54) is 0 Å². The summed E-state index contributed by atoms with van der Waals surface area (Å²) in [5, 5.41) is 11.7. The summed E-state index contributed by atoms with van der Waals surface area (Å²) >= 11 is 0. The third-order valence-corrected chi connectivity index (χ3v) is 3.12. The summed E-state index contributed by atoms with van der Waals surface area (Å²) in [6.45, 7) is 0.604. The molecule has 2 rings (SSSR count). The van der Waals surface area contributed by atoms with Crippen LogP contribution in [0.1, 0.15) is 23.1 Å². The molecule has 0 saturated carbocycles. The predicted molar refractivity (Wildman–Crippen MR) is 91.7 cm³/mol. The Kier molecular flexibility index (Phi) is 6.25. The quantitative estimate of drug-likeness (QED) is 0.515. The summed E-state index contributed by atoms with van der Waals surface area (Å²) in [7, 11) is 0. The van der Waals surface area contributed by atoms with Crippen molar-refractivity contribution in [2.45, 2.75) is 13.0 Å². The Labute approximate surface area is 141 Å². The fraction of sp³-hybridized carbons (Fsp3) is 0.158. The van der Waals surface area contributed by atoms with Gasteiger partial charge < -0.3 is 15.8 Å². The summed E-state index contributed by atoms with van der Waals surface area (Å²) in [6.07, 6.45) is -0.0266. The maximum absolute atomic E-state index is 11.5. The highest BCUT2D eigenvalue weighted by Gasteiger charge is 2.01. The minimum atomic E-state index is -0.481. The molecule has 0 fully saturated rings. The first-order chi connectivity index (χ1) is 11.7. The van der Waals surface area contributed by atoms with E-state index in [0.29, 0.717) is 29.8 Å². The first kappa shape index (κ1) is 16.9. The Bertz CT molecular complexity index is 799. The number of rotatable bonds is 4. The van der Waals surface area contributed by atoms with Gasteiger partial charge in [-0.2, -0.15) is 5.26 Å². The molecular formula is C19H17N3O2. The molecule has 2 aromatic carbocycles. The van der Waals surface area contributed by atoms with Crippen molar-refractivity contribution >= 4 is 11.8 Å². The lowest BCUT2D eigenvalue weighted by atomic mass is 10.1. The molecule has 3 N–H and O–H groups in total. The fourth-order valence-electron chi connectivity index (χ4n) is 1.92. The Morgan fingerprint density at radius 1 is 1.17 bits per heavy atom. The number of carbonyl (C=O) groups excluding carboxylic acids is 1. The number of nitrogens with one attached hydrogen (secondary N) is 1. The highest BCUT2D eigenvalue weighted by atomic mass is 16.5. The second kappa shape index (κ2) is 8.87. The molecule has 5 nitrogen and oxygen atoms in total. The van der Waals surface area contributed by atoms with E-state index in [-0.39, 0.29) is 6.61 Å². The normalized spacial score (nSPS) is 9.29. The Hall–Kier alpha value is -3.44. The number of benzene rings is 2. The topological polar surface area (TPSA) is 88.1 Å². The summed E-state index contributed by atoms with van der Waals surface area (Å²) < 4.78 is 5.09. The average Bonchev–Trinajstić information content (AvgIpc) is 2.61. The molecule has 2 aromatic rings. The van der Waals surface area contributed by atoms with Crippen LogP contribution in [0.15, 0.2) is 48.5 Å². The van der Waals surface area contributed by atoms with Crippen LogP contribution >= 0.6 is 0 Å². The van der Waals surface area contributed by atoms with E-state index < -0.39 is 6.09 Å². The van der Waals surface area contributed by atoms with Gasteiger partial charge in [-0.1, -0.05) is 42.2 Å². The number of hydrogen-bond donors (Lipinski definition) is 2. The second-order valence-corrected chi connectivity index (χ2v) is 4.96. The van der Waals surface area contributed by atoms with E-state index in [9.17, 15) is 4.79 Å². The Balaban J connectivity index is 1.74. The standard InChI is InChI=1S/C19H17N3O2/c20-13-17-12-18(21)10-9-16(17)8-4-5-11-22-19(23)24-14-15-6-2-1-3-7-15/h1-3,6-7,9-10,12H,5,11,14,21H2,(H,22,23). The smallest absolute Gasteiger partial charge is 0.407 e. The largest absolute Gasteiger partial charge is 0.445 e. The van der Waals surface area contributed by atoms with Crippen molar-refractivity contribution in [1.82, 2.24) is 5.32 Å². The van der Waals surface area contributed by atoms with Crippen molar-refractivity contribution in [3.05, 3.63) is 65.2 Å². The third-order valence-electron chi connectivity index (χ3n) is 3.12. The maximum Gasteiger partial charge on any atom is 0.407 e. The summed E-state index contributed by atoms with van der Waals surface area (Å²) in [6, 6.07) is 16.5. The Morgan fingerprint density at radius 2 is 1.96 bits per heavy atom. The van der Waals surface area contributed by atoms with Gasteiger partial charge in [0.05, 0.1) is 5.56 Å².